The Labute approximate surface area is 71.1 Å². The molecule has 0 aliphatic carbocycles. The Bertz CT molecular complexity index is 181. The lowest BCUT2D eigenvalue weighted by Crippen LogP contribution is -2.20. The van der Waals surface area contributed by atoms with E-state index in [2.05, 4.69) is 6.58 Å². The highest BCUT2D eigenvalue weighted by Crippen LogP contribution is 2.04. The zero-order chi connectivity index (χ0) is 8.97. The predicted molar refractivity (Wildman–Crippen MR) is 41.5 cm³/mol. The van der Waals surface area contributed by atoms with E-state index in [1.54, 1.807) is 6.92 Å². The monoisotopic (exact) mass is 172 g/mol. The van der Waals surface area contributed by atoms with Crippen LogP contribution in [0.3, 0.4) is 0 Å². The summed E-state index contributed by atoms with van der Waals surface area (Å²) >= 11 is 0. The molecule has 0 aromatic heterocycles. The summed E-state index contributed by atoms with van der Waals surface area (Å²) in [4.78, 5) is 10.9. The summed E-state index contributed by atoms with van der Waals surface area (Å²) < 4.78 is 14.8. The molecule has 4 heteroatoms. The number of carbonyl (C=O) groups excluding carboxylic acids is 1. The van der Waals surface area contributed by atoms with E-state index in [1.165, 1.54) is 0 Å². The molecule has 1 aliphatic rings. The van der Waals surface area contributed by atoms with Gasteiger partial charge < -0.3 is 14.2 Å². The number of esters is 1. The summed E-state index contributed by atoms with van der Waals surface area (Å²) in [7, 11) is 0. The van der Waals surface area contributed by atoms with E-state index in [1.807, 2.05) is 0 Å². The highest BCUT2D eigenvalue weighted by atomic mass is 16.7. The standard InChI is InChI=1S/C8H12O4/c1-6(2)8(9)11-4-7-3-10-5-12-7/h7H,1,3-5H2,2H3. The Morgan fingerprint density at radius 3 is 3.00 bits per heavy atom. The molecule has 1 rings (SSSR count). The SMILES string of the molecule is C=C(C)C(=O)OCC1COCO1. The van der Waals surface area contributed by atoms with Crippen LogP contribution in [0.15, 0.2) is 12.2 Å². The van der Waals surface area contributed by atoms with Gasteiger partial charge in [0.1, 0.15) is 19.5 Å². The minimum absolute atomic E-state index is 0.117. The van der Waals surface area contributed by atoms with Gasteiger partial charge in [-0.25, -0.2) is 4.79 Å². The summed E-state index contributed by atoms with van der Waals surface area (Å²) in [6, 6.07) is 0. The van der Waals surface area contributed by atoms with Crippen molar-refractivity contribution in [3.8, 4) is 0 Å². The number of hydrogen-bond donors (Lipinski definition) is 0. The molecule has 1 unspecified atom stereocenters. The van der Waals surface area contributed by atoms with Crippen molar-refractivity contribution in [3.63, 3.8) is 0 Å². The topological polar surface area (TPSA) is 44.8 Å². The Morgan fingerprint density at radius 1 is 1.75 bits per heavy atom. The summed E-state index contributed by atoms with van der Waals surface area (Å²) in [6.45, 7) is 6.08. The van der Waals surface area contributed by atoms with Gasteiger partial charge in [-0.05, 0) is 6.92 Å². The summed E-state index contributed by atoms with van der Waals surface area (Å²) in [5, 5.41) is 0. The van der Waals surface area contributed by atoms with Crippen molar-refractivity contribution in [1.82, 2.24) is 0 Å². The first-order valence-electron chi connectivity index (χ1n) is 3.72. The van der Waals surface area contributed by atoms with Crippen LogP contribution in [-0.2, 0) is 19.0 Å². The first-order chi connectivity index (χ1) is 5.70. The first-order valence-corrected chi connectivity index (χ1v) is 3.72. The summed E-state index contributed by atoms with van der Waals surface area (Å²) in [6.07, 6.45) is -0.117. The van der Waals surface area contributed by atoms with Gasteiger partial charge in [0, 0.05) is 5.57 Å². The Balaban J connectivity index is 2.16. The van der Waals surface area contributed by atoms with Crippen molar-refractivity contribution in [1.29, 1.82) is 0 Å². The molecule has 12 heavy (non-hydrogen) atoms. The van der Waals surface area contributed by atoms with Crippen molar-refractivity contribution in [2.24, 2.45) is 0 Å². The van der Waals surface area contributed by atoms with E-state index in [-0.39, 0.29) is 25.5 Å². The maximum Gasteiger partial charge on any atom is 0.333 e. The summed E-state index contributed by atoms with van der Waals surface area (Å²) in [5.41, 5.74) is 0.397. The highest BCUT2D eigenvalue weighted by molar-refractivity contribution is 5.86. The number of carbonyl (C=O) groups is 1. The molecule has 1 saturated heterocycles. The number of rotatable bonds is 3. The molecule has 0 radical (unpaired) electrons. The third-order valence-corrected chi connectivity index (χ3v) is 1.44. The fourth-order valence-electron chi connectivity index (χ4n) is 0.760. The lowest BCUT2D eigenvalue weighted by Gasteiger charge is -2.07. The van der Waals surface area contributed by atoms with Gasteiger partial charge in [-0.2, -0.15) is 0 Å². The molecule has 1 heterocycles. The Kier molecular flexibility index (Phi) is 3.25. The number of ether oxygens (including phenoxy) is 3. The lowest BCUT2D eigenvalue weighted by atomic mass is 10.3. The van der Waals surface area contributed by atoms with Gasteiger partial charge in [-0.1, -0.05) is 6.58 Å². The second kappa shape index (κ2) is 4.23. The van der Waals surface area contributed by atoms with Crippen LogP contribution in [0.4, 0.5) is 0 Å². The van der Waals surface area contributed by atoms with Crippen LogP contribution < -0.4 is 0 Å². The van der Waals surface area contributed by atoms with Crippen LogP contribution in [0, 0.1) is 0 Å². The average Bonchev–Trinajstić information content (AvgIpc) is 2.51. The predicted octanol–water partition coefficient (Wildman–Crippen LogP) is 0.479. The van der Waals surface area contributed by atoms with Crippen molar-refractivity contribution >= 4 is 5.97 Å². The minimum Gasteiger partial charge on any atom is -0.459 e. The van der Waals surface area contributed by atoms with Crippen LogP contribution in [0.5, 0.6) is 0 Å². The molecule has 68 valence electrons. The van der Waals surface area contributed by atoms with E-state index >= 15 is 0 Å². The second-order valence-electron chi connectivity index (χ2n) is 2.66. The molecule has 1 aliphatic heterocycles. The molecular weight excluding hydrogens is 160 g/mol. The van der Waals surface area contributed by atoms with Gasteiger partial charge in [0.05, 0.1) is 6.61 Å². The van der Waals surface area contributed by atoms with Crippen LogP contribution in [0.1, 0.15) is 6.92 Å². The first kappa shape index (κ1) is 9.22. The van der Waals surface area contributed by atoms with E-state index in [0.717, 1.165) is 0 Å². The smallest absolute Gasteiger partial charge is 0.333 e. The Morgan fingerprint density at radius 2 is 2.50 bits per heavy atom. The van der Waals surface area contributed by atoms with Crippen molar-refractivity contribution in [2.45, 2.75) is 13.0 Å². The fraction of sp³-hybridized carbons (Fsp3) is 0.625. The molecule has 0 N–H and O–H groups in total. The van der Waals surface area contributed by atoms with Crippen LogP contribution in [0.25, 0.3) is 0 Å². The van der Waals surface area contributed by atoms with Crippen molar-refractivity contribution in [3.05, 3.63) is 12.2 Å². The van der Waals surface area contributed by atoms with Crippen molar-refractivity contribution in [2.75, 3.05) is 20.0 Å². The zero-order valence-electron chi connectivity index (χ0n) is 7.04. The van der Waals surface area contributed by atoms with E-state index < -0.39 is 0 Å². The van der Waals surface area contributed by atoms with Crippen LogP contribution in [-0.4, -0.2) is 32.1 Å². The third-order valence-electron chi connectivity index (χ3n) is 1.44. The molecule has 0 bridgehead atoms. The van der Waals surface area contributed by atoms with E-state index in [0.29, 0.717) is 12.2 Å². The largest absolute Gasteiger partial charge is 0.459 e. The van der Waals surface area contributed by atoms with Gasteiger partial charge in [0.25, 0.3) is 0 Å². The van der Waals surface area contributed by atoms with Crippen molar-refractivity contribution < 1.29 is 19.0 Å². The second-order valence-corrected chi connectivity index (χ2v) is 2.66. The lowest BCUT2D eigenvalue weighted by molar-refractivity contribution is -0.141. The maximum absolute atomic E-state index is 10.9. The van der Waals surface area contributed by atoms with Gasteiger partial charge in [-0.3, -0.25) is 0 Å². The van der Waals surface area contributed by atoms with E-state index in [4.69, 9.17) is 14.2 Å². The summed E-state index contributed by atoms with van der Waals surface area (Å²) in [5.74, 6) is -0.384. The normalized spacial score (nSPS) is 22.2. The fourth-order valence-corrected chi connectivity index (χ4v) is 0.760. The number of hydrogen-bond acceptors (Lipinski definition) is 4. The molecule has 4 nitrogen and oxygen atoms in total. The van der Waals surface area contributed by atoms with E-state index in [9.17, 15) is 4.79 Å². The molecular formula is C8H12O4. The zero-order valence-corrected chi connectivity index (χ0v) is 7.04. The van der Waals surface area contributed by atoms with Crippen LogP contribution in [0.2, 0.25) is 0 Å². The average molecular weight is 172 g/mol. The molecule has 0 spiro atoms. The maximum atomic E-state index is 10.9. The molecule has 1 fully saturated rings. The highest BCUT2D eigenvalue weighted by Gasteiger charge is 2.17. The van der Waals surface area contributed by atoms with Gasteiger partial charge in [0.15, 0.2) is 0 Å². The molecule has 1 atom stereocenters. The Hall–Kier alpha value is -0.870. The quantitative estimate of drug-likeness (QED) is 0.458. The van der Waals surface area contributed by atoms with Gasteiger partial charge in [0.2, 0.25) is 0 Å². The molecule has 0 saturated carbocycles. The minimum atomic E-state index is -0.384. The van der Waals surface area contributed by atoms with Gasteiger partial charge in [-0.15, -0.1) is 0 Å². The molecule has 0 aromatic rings. The molecule has 0 aromatic carbocycles. The molecule has 0 amide bonds. The van der Waals surface area contributed by atoms with Crippen LogP contribution >= 0.6 is 0 Å². The third kappa shape index (κ3) is 2.64. The van der Waals surface area contributed by atoms with Gasteiger partial charge >= 0.3 is 5.97 Å².